The molecule has 0 radical (unpaired) electrons. The molecule has 28 heavy (non-hydrogen) atoms. The summed E-state index contributed by atoms with van der Waals surface area (Å²) < 4.78 is 38.3. The molecule has 0 aromatic heterocycles. The van der Waals surface area contributed by atoms with Gasteiger partial charge in [0.25, 0.3) is 0 Å². The van der Waals surface area contributed by atoms with E-state index >= 15 is 0 Å². The van der Waals surface area contributed by atoms with Crippen LogP contribution in [-0.2, 0) is 19.6 Å². The lowest BCUT2D eigenvalue weighted by atomic mass is 10.2. The van der Waals surface area contributed by atoms with Crippen molar-refractivity contribution in [1.82, 2.24) is 4.72 Å². The second kappa shape index (κ2) is 10.2. The Labute approximate surface area is 176 Å². The third kappa shape index (κ3) is 6.75. The van der Waals surface area contributed by atoms with Gasteiger partial charge in [-0.15, -0.1) is 0 Å². The van der Waals surface area contributed by atoms with Crippen molar-refractivity contribution in [2.24, 2.45) is 0 Å². The van der Waals surface area contributed by atoms with E-state index in [0.717, 1.165) is 4.47 Å². The van der Waals surface area contributed by atoms with Crippen LogP contribution >= 0.6 is 27.5 Å². The minimum atomic E-state index is -4.05. The smallest absolute Gasteiger partial charge is 0.326 e. The summed E-state index contributed by atoms with van der Waals surface area (Å²) in [5.41, 5.74) is 0. The number of rotatable bonds is 9. The van der Waals surface area contributed by atoms with Crippen molar-refractivity contribution in [3.05, 3.63) is 58.0 Å². The average molecular weight is 493 g/mol. The first-order valence-corrected chi connectivity index (χ1v) is 10.9. The number of aliphatic hydroxyl groups is 1. The van der Waals surface area contributed by atoms with Crippen molar-refractivity contribution in [1.29, 1.82) is 0 Å². The topological polar surface area (TPSA) is 102 Å². The molecule has 0 fully saturated rings. The second-order valence-corrected chi connectivity index (χ2v) is 8.83. The van der Waals surface area contributed by atoms with E-state index in [0.29, 0.717) is 10.8 Å². The highest BCUT2D eigenvalue weighted by atomic mass is 79.9. The summed E-state index contributed by atoms with van der Waals surface area (Å²) in [6.45, 7) is 1.25. The summed E-state index contributed by atoms with van der Waals surface area (Å²) in [5.74, 6) is -0.318. The van der Waals surface area contributed by atoms with E-state index in [-0.39, 0.29) is 18.1 Å². The summed E-state index contributed by atoms with van der Waals surface area (Å²) in [6.07, 6.45) is -1.30. The Morgan fingerprint density at radius 2 is 1.75 bits per heavy atom. The molecule has 152 valence electrons. The summed E-state index contributed by atoms with van der Waals surface area (Å²) in [7, 11) is -4.05. The van der Waals surface area contributed by atoms with Gasteiger partial charge in [0.15, 0.2) is 0 Å². The molecule has 10 heteroatoms. The predicted octanol–water partition coefficient (Wildman–Crippen LogP) is 2.75. The predicted molar refractivity (Wildman–Crippen MR) is 108 cm³/mol. The third-order valence-electron chi connectivity index (χ3n) is 3.55. The van der Waals surface area contributed by atoms with Gasteiger partial charge in [0.2, 0.25) is 10.0 Å². The number of nitrogens with one attached hydrogen (secondary N) is 1. The molecule has 0 saturated carbocycles. The first-order chi connectivity index (χ1) is 13.2. The van der Waals surface area contributed by atoms with E-state index in [9.17, 15) is 18.3 Å². The molecule has 0 amide bonds. The molecule has 0 bridgehead atoms. The van der Waals surface area contributed by atoms with E-state index in [1.807, 2.05) is 0 Å². The quantitative estimate of drug-likeness (QED) is 0.412. The van der Waals surface area contributed by atoms with Crippen molar-refractivity contribution in [3.8, 4) is 5.75 Å². The molecule has 2 atom stereocenters. The van der Waals surface area contributed by atoms with Crippen molar-refractivity contribution >= 4 is 43.5 Å². The minimum Gasteiger partial charge on any atom is -0.490 e. The second-order valence-electron chi connectivity index (χ2n) is 5.76. The standard InChI is InChI=1S/C18H19BrClNO6S/c1-12(22)17(21-28(24,25)16-8-4-14(20)5-9-16)18(23)27-11-10-26-15-6-2-13(19)3-7-15/h2-9,12,17,21-22H,10-11H2,1H3/t12-,17+/m1/s1. The number of esters is 1. The molecule has 0 aliphatic heterocycles. The maximum absolute atomic E-state index is 12.4. The van der Waals surface area contributed by atoms with Crippen LogP contribution < -0.4 is 9.46 Å². The molecule has 0 aliphatic rings. The Hall–Kier alpha value is -1.65. The van der Waals surface area contributed by atoms with E-state index in [2.05, 4.69) is 20.7 Å². The fraction of sp³-hybridized carbons (Fsp3) is 0.278. The SMILES string of the molecule is C[C@@H](O)[C@H](NS(=O)(=O)c1ccc(Cl)cc1)C(=O)OCCOc1ccc(Br)cc1. The van der Waals surface area contributed by atoms with Gasteiger partial charge in [0.1, 0.15) is 25.0 Å². The third-order valence-corrected chi connectivity index (χ3v) is 5.79. The van der Waals surface area contributed by atoms with Crippen LogP contribution in [0.3, 0.4) is 0 Å². The van der Waals surface area contributed by atoms with Crippen LogP contribution in [-0.4, -0.2) is 44.9 Å². The number of carbonyl (C=O) groups excluding carboxylic acids is 1. The van der Waals surface area contributed by atoms with Gasteiger partial charge in [-0.3, -0.25) is 4.79 Å². The number of sulfonamides is 1. The summed E-state index contributed by atoms with van der Waals surface area (Å²) in [6, 6.07) is 11.0. The lowest BCUT2D eigenvalue weighted by Crippen LogP contribution is -2.48. The van der Waals surface area contributed by atoms with Gasteiger partial charge < -0.3 is 14.6 Å². The molecule has 2 N–H and O–H groups in total. The monoisotopic (exact) mass is 491 g/mol. The highest BCUT2D eigenvalue weighted by Gasteiger charge is 2.30. The van der Waals surface area contributed by atoms with Gasteiger partial charge in [-0.1, -0.05) is 27.5 Å². The zero-order valence-corrected chi connectivity index (χ0v) is 18.0. The molecule has 2 aromatic rings. The number of aliphatic hydroxyl groups excluding tert-OH is 1. The molecule has 0 aliphatic carbocycles. The largest absolute Gasteiger partial charge is 0.490 e. The summed E-state index contributed by atoms with van der Waals surface area (Å²) in [4.78, 5) is 12.1. The molecular weight excluding hydrogens is 474 g/mol. The number of carbonyl (C=O) groups is 1. The fourth-order valence-corrected chi connectivity index (χ4v) is 3.76. The van der Waals surface area contributed by atoms with Crippen LogP contribution in [0.4, 0.5) is 0 Å². The average Bonchev–Trinajstić information content (AvgIpc) is 2.64. The van der Waals surface area contributed by atoms with E-state index in [4.69, 9.17) is 21.1 Å². The first kappa shape index (κ1) is 22.6. The highest BCUT2D eigenvalue weighted by Crippen LogP contribution is 2.16. The maximum atomic E-state index is 12.4. The van der Waals surface area contributed by atoms with Crippen LogP contribution in [0.5, 0.6) is 5.75 Å². The highest BCUT2D eigenvalue weighted by molar-refractivity contribution is 9.10. The fourth-order valence-electron chi connectivity index (χ4n) is 2.11. The first-order valence-electron chi connectivity index (χ1n) is 8.20. The van der Waals surface area contributed by atoms with Gasteiger partial charge in [-0.25, -0.2) is 8.42 Å². The van der Waals surface area contributed by atoms with Crippen molar-refractivity contribution < 1.29 is 27.8 Å². The molecule has 0 heterocycles. The Morgan fingerprint density at radius 1 is 1.14 bits per heavy atom. The number of hydrogen-bond donors (Lipinski definition) is 2. The Bertz CT molecular complexity index is 887. The lowest BCUT2D eigenvalue weighted by molar-refractivity contribution is -0.149. The van der Waals surface area contributed by atoms with Gasteiger partial charge in [0.05, 0.1) is 11.0 Å². The van der Waals surface area contributed by atoms with Crippen LogP contribution in [0.15, 0.2) is 57.9 Å². The number of hydrogen-bond acceptors (Lipinski definition) is 6. The zero-order chi connectivity index (χ0) is 20.7. The molecule has 0 unspecified atom stereocenters. The lowest BCUT2D eigenvalue weighted by Gasteiger charge is -2.20. The summed E-state index contributed by atoms with van der Waals surface area (Å²) >= 11 is 9.06. The molecule has 0 spiro atoms. The Morgan fingerprint density at radius 3 is 2.32 bits per heavy atom. The minimum absolute atomic E-state index is 0.0733. The maximum Gasteiger partial charge on any atom is 0.326 e. The Kier molecular flexibility index (Phi) is 8.26. The van der Waals surface area contributed by atoms with Crippen LogP contribution in [0.25, 0.3) is 0 Å². The number of benzene rings is 2. The van der Waals surface area contributed by atoms with Crippen LogP contribution in [0.1, 0.15) is 6.92 Å². The normalized spacial score (nSPS) is 13.6. The summed E-state index contributed by atoms with van der Waals surface area (Å²) in [5, 5.41) is 10.2. The van der Waals surface area contributed by atoms with Crippen molar-refractivity contribution in [2.45, 2.75) is 24.0 Å². The molecule has 0 saturated heterocycles. The van der Waals surface area contributed by atoms with Crippen molar-refractivity contribution in [2.75, 3.05) is 13.2 Å². The molecule has 2 rings (SSSR count). The molecular formula is C18H19BrClNO6S. The van der Waals surface area contributed by atoms with Gasteiger partial charge in [0, 0.05) is 9.50 Å². The van der Waals surface area contributed by atoms with E-state index in [1.165, 1.54) is 31.2 Å². The molecule has 7 nitrogen and oxygen atoms in total. The van der Waals surface area contributed by atoms with Gasteiger partial charge >= 0.3 is 5.97 Å². The van der Waals surface area contributed by atoms with Crippen molar-refractivity contribution in [3.63, 3.8) is 0 Å². The number of halogens is 2. The van der Waals surface area contributed by atoms with Gasteiger partial charge in [-0.2, -0.15) is 4.72 Å². The van der Waals surface area contributed by atoms with E-state index in [1.54, 1.807) is 24.3 Å². The van der Waals surface area contributed by atoms with Crippen LogP contribution in [0, 0.1) is 0 Å². The van der Waals surface area contributed by atoms with Crippen LogP contribution in [0.2, 0.25) is 5.02 Å². The van der Waals surface area contributed by atoms with E-state index < -0.39 is 28.1 Å². The number of ether oxygens (including phenoxy) is 2. The van der Waals surface area contributed by atoms with Gasteiger partial charge in [-0.05, 0) is 55.5 Å². The zero-order valence-electron chi connectivity index (χ0n) is 14.8. The molecule has 2 aromatic carbocycles. The Balaban J connectivity index is 1.92.